The molecular weight excluding hydrogens is 270 g/mol. The van der Waals surface area contributed by atoms with Crippen molar-refractivity contribution in [3.63, 3.8) is 0 Å². The van der Waals surface area contributed by atoms with Crippen LogP contribution in [0.4, 0.5) is 0 Å². The van der Waals surface area contributed by atoms with Crippen LogP contribution in [0.3, 0.4) is 0 Å². The Bertz CT molecular complexity index is 567. The standard InChI is InChI=1S/C16H17NO4/c1-12(17-15(19)10-21-11-16(17)20)14-7-5-13(6-8-14)4-2-3-9-18/h5-8,12,18H,3,9-11H2,1H3. The van der Waals surface area contributed by atoms with E-state index in [0.717, 1.165) is 11.1 Å². The van der Waals surface area contributed by atoms with Crippen molar-refractivity contribution in [2.45, 2.75) is 19.4 Å². The number of ether oxygens (including phenoxy) is 1. The first-order chi connectivity index (χ1) is 10.1. The summed E-state index contributed by atoms with van der Waals surface area (Å²) in [6.45, 7) is 1.75. The predicted molar refractivity (Wildman–Crippen MR) is 76.1 cm³/mol. The second-order valence-electron chi connectivity index (χ2n) is 4.72. The van der Waals surface area contributed by atoms with Gasteiger partial charge in [0.2, 0.25) is 0 Å². The van der Waals surface area contributed by atoms with Crippen LogP contribution in [0.2, 0.25) is 0 Å². The van der Waals surface area contributed by atoms with Gasteiger partial charge in [-0.25, -0.2) is 0 Å². The fourth-order valence-corrected chi connectivity index (χ4v) is 2.15. The first-order valence-electron chi connectivity index (χ1n) is 6.76. The van der Waals surface area contributed by atoms with Crippen molar-refractivity contribution < 1.29 is 19.4 Å². The van der Waals surface area contributed by atoms with E-state index in [-0.39, 0.29) is 37.7 Å². The molecule has 1 N–H and O–H groups in total. The van der Waals surface area contributed by atoms with Gasteiger partial charge in [0.1, 0.15) is 13.2 Å². The van der Waals surface area contributed by atoms with Crippen LogP contribution in [0.5, 0.6) is 0 Å². The molecule has 1 heterocycles. The van der Waals surface area contributed by atoms with Gasteiger partial charge in [0.15, 0.2) is 0 Å². The van der Waals surface area contributed by atoms with Crippen LogP contribution < -0.4 is 0 Å². The van der Waals surface area contributed by atoms with Crippen molar-refractivity contribution in [1.82, 2.24) is 4.90 Å². The Hall–Kier alpha value is -2.16. The molecule has 1 aliphatic heterocycles. The lowest BCUT2D eigenvalue weighted by Gasteiger charge is -2.30. The van der Waals surface area contributed by atoms with E-state index in [1.165, 1.54) is 4.90 Å². The summed E-state index contributed by atoms with van der Waals surface area (Å²) in [6, 6.07) is 7.05. The molecule has 0 aliphatic carbocycles. The summed E-state index contributed by atoms with van der Waals surface area (Å²) >= 11 is 0. The maximum atomic E-state index is 11.8. The Morgan fingerprint density at radius 2 is 1.86 bits per heavy atom. The highest BCUT2D eigenvalue weighted by Gasteiger charge is 2.31. The lowest BCUT2D eigenvalue weighted by atomic mass is 10.0. The van der Waals surface area contributed by atoms with E-state index in [0.29, 0.717) is 6.42 Å². The minimum absolute atomic E-state index is 0.0450. The van der Waals surface area contributed by atoms with E-state index in [2.05, 4.69) is 11.8 Å². The van der Waals surface area contributed by atoms with Gasteiger partial charge in [-0.2, -0.15) is 0 Å². The molecular formula is C16H17NO4. The summed E-state index contributed by atoms with van der Waals surface area (Å²) in [5, 5.41) is 8.67. The Balaban J connectivity index is 2.12. The van der Waals surface area contributed by atoms with Crippen LogP contribution in [0.25, 0.3) is 0 Å². The van der Waals surface area contributed by atoms with Crippen molar-refractivity contribution in [2.75, 3.05) is 19.8 Å². The Morgan fingerprint density at radius 3 is 2.43 bits per heavy atom. The zero-order chi connectivity index (χ0) is 15.2. The summed E-state index contributed by atoms with van der Waals surface area (Å²) in [5.74, 6) is 5.15. The molecule has 0 aromatic heterocycles. The second kappa shape index (κ2) is 7.02. The summed E-state index contributed by atoms with van der Waals surface area (Å²) in [6.07, 6.45) is 0.439. The van der Waals surface area contributed by atoms with Gasteiger partial charge in [0, 0.05) is 12.0 Å². The first-order valence-corrected chi connectivity index (χ1v) is 6.76. The highest BCUT2D eigenvalue weighted by molar-refractivity contribution is 5.98. The largest absolute Gasteiger partial charge is 0.395 e. The predicted octanol–water partition coefficient (Wildman–Crippen LogP) is 0.867. The first kappa shape index (κ1) is 15.2. The Kier molecular flexibility index (Phi) is 5.09. The van der Waals surface area contributed by atoms with E-state index in [9.17, 15) is 9.59 Å². The van der Waals surface area contributed by atoms with Crippen LogP contribution in [-0.4, -0.2) is 41.6 Å². The number of imide groups is 1. The van der Waals surface area contributed by atoms with Gasteiger partial charge in [0.05, 0.1) is 12.6 Å². The molecule has 1 saturated heterocycles. The smallest absolute Gasteiger partial charge is 0.255 e. The van der Waals surface area contributed by atoms with Gasteiger partial charge in [0.25, 0.3) is 11.8 Å². The average Bonchev–Trinajstić information content (AvgIpc) is 2.48. The van der Waals surface area contributed by atoms with Crippen LogP contribution in [0.15, 0.2) is 24.3 Å². The van der Waals surface area contributed by atoms with Gasteiger partial charge < -0.3 is 9.84 Å². The number of nitrogens with zero attached hydrogens (tertiary/aromatic N) is 1. The van der Waals surface area contributed by atoms with Gasteiger partial charge in [-0.1, -0.05) is 24.0 Å². The molecule has 1 aromatic carbocycles. The summed E-state index contributed by atoms with van der Waals surface area (Å²) in [4.78, 5) is 24.8. The molecule has 1 atom stereocenters. The zero-order valence-electron chi connectivity index (χ0n) is 11.8. The highest BCUT2D eigenvalue weighted by atomic mass is 16.5. The van der Waals surface area contributed by atoms with E-state index in [1.807, 2.05) is 31.2 Å². The lowest BCUT2D eigenvalue weighted by molar-refractivity contribution is -0.161. The van der Waals surface area contributed by atoms with Gasteiger partial charge >= 0.3 is 0 Å². The average molecular weight is 287 g/mol. The van der Waals surface area contributed by atoms with E-state index in [4.69, 9.17) is 9.84 Å². The Morgan fingerprint density at radius 1 is 1.24 bits per heavy atom. The third-order valence-corrected chi connectivity index (χ3v) is 3.24. The fraction of sp³-hybridized carbons (Fsp3) is 0.375. The molecule has 0 radical (unpaired) electrons. The maximum Gasteiger partial charge on any atom is 0.255 e. The van der Waals surface area contributed by atoms with Crippen molar-refractivity contribution in [3.05, 3.63) is 35.4 Å². The number of benzene rings is 1. The van der Waals surface area contributed by atoms with Crippen LogP contribution in [0, 0.1) is 11.8 Å². The van der Waals surface area contributed by atoms with Crippen molar-refractivity contribution in [2.24, 2.45) is 0 Å². The quantitative estimate of drug-likeness (QED) is 0.661. The third kappa shape index (κ3) is 3.69. The van der Waals surface area contributed by atoms with E-state index >= 15 is 0 Å². The lowest BCUT2D eigenvalue weighted by Crippen LogP contribution is -2.47. The van der Waals surface area contributed by atoms with Gasteiger partial charge in [-0.3, -0.25) is 14.5 Å². The number of rotatable bonds is 3. The number of aliphatic hydroxyl groups excluding tert-OH is 1. The summed E-state index contributed by atoms with van der Waals surface area (Å²) < 4.78 is 4.90. The van der Waals surface area contributed by atoms with Crippen molar-refractivity contribution >= 4 is 11.8 Å². The minimum atomic E-state index is -0.326. The molecule has 0 saturated carbocycles. The molecule has 21 heavy (non-hydrogen) atoms. The van der Waals surface area contributed by atoms with Crippen molar-refractivity contribution in [1.29, 1.82) is 0 Å². The monoisotopic (exact) mass is 287 g/mol. The topological polar surface area (TPSA) is 66.8 Å². The molecule has 1 aliphatic rings. The number of carbonyl (C=O) groups is 2. The Labute approximate surface area is 123 Å². The van der Waals surface area contributed by atoms with E-state index in [1.54, 1.807) is 0 Å². The molecule has 0 spiro atoms. The minimum Gasteiger partial charge on any atom is -0.395 e. The van der Waals surface area contributed by atoms with Crippen molar-refractivity contribution in [3.8, 4) is 11.8 Å². The van der Waals surface area contributed by atoms with Crippen LogP contribution in [0.1, 0.15) is 30.5 Å². The second-order valence-corrected chi connectivity index (χ2v) is 4.72. The van der Waals surface area contributed by atoms with Gasteiger partial charge in [-0.05, 0) is 24.6 Å². The van der Waals surface area contributed by atoms with Crippen LogP contribution >= 0.6 is 0 Å². The number of aliphatic hydroxyl groups is 1. The zero-order valence-corrected chi connectivity index (χ0v) is 11.8. The normalized spacial score (nSPS) is 16.4. The number of hydrogen-bond acceptors (Lipinski definition) is 4. The highest BCUT2D eigenvalue weighted by Crippen LogP contribution is 2.22. The SMILES string of the molecule is CC(c1ccc(C#CCCO)cc1)N1C(=O)COCC1=O. The maximum absolute atomic E-state index is 11.8. The fourth-order valence-electron chi connectivity index (χ4n) is 2.15. The summed E-state index contributed by atoms with van der Waals surface area (Å²) in [5.41, 5.74) is 1.70. The molecule has 1 aromatic rings. The molecule has 1 fully saturated rings. The number of amides is 2. The van der Waals surface area contributed by atoms with E-state index < -0.39 is 0 Å². The third-order valence-electron chi connectivity index (χ3n) is 3.24. The molecule has 1 unspecified atom stereocenters. The molecule has 5 heteroatoms. The van der Waals surface area contributed by atoms with Gasteiger partial charge in [-0.15, -0.1) is 0 Å². The molecule has 5 nitrogen and oxygen atoms in total. The van der Waals surface area contributed by atoms with Crippen LogP contribution in [-0.2, 0) is 14.3 Å². The number of hydrogen-bond donors (Lipinski definition) is 1. The molecule has 0 bridgehead atoms. The number of carbonyl (C=O) groups excluding carboxylic acids is 2. The summed E-state index contributed by atoms with van der Waals surface area (Å²) in [7, 11) is 0. The molecule has 2 amide bonds. The molecule has 2 rings (SSSR count). The number of morpholine rings is 1. The molecule has 110 valence electrons.